The summed E-state index contributed by atoms with van der Waals surface area (Å²) >= 11 is 0. The molecule has 2 N–H and O–H groups in total. The maximum absolute atomic E-state index is 9.31. The average Bonchev–Trinajstić information content (AvgIpc) is 3.25. The van der Waals surface area contributed by atoms with Crippen LogP contribution < -0.4 is 10.1 Å². The predicted molar refractivity (Wildman–Crippen MR) is 77.7 cm³/mol. The Balaban J connectivity index is 1.78. The highest BCUT2D eigenvalue weighted by molar-refractivity contribution is 5.86. The minimum atomic E-state index is 0.134. The number of nitrogens with one attached hydrogen (secondary N) is 1. The van der Waals surface area contributed by atoms with Gasteiger partial charge >= 0.3 is 0 Å². The molecule has 0 bridgehead atoms. The lowest BCUT2D eigenvalue weighted by Crippen LogP contribution is -2.18. The molecule has 1 fully saturated rings. The maximum Gasteiger partial charge on any atom is 0.119 e. The van der Waals surface area contributed by atoms with Crippen molar-refractivity contribution in [1.29, 1.82) is 0 Å². The molecule has 100 valence electrons. The fourth-order valence-corrected chi connectivity index (χ4v) is 2.32. The van der Waals surface area contributed by atoms with E-state index in [0.29, 0.717) is 0 Å². The van der Waals surface area contributed by atoms with Crippen LogP contribution in [0, 0.1) is 5.41 Å². The SMILES string of the molecule is COc1ccc2cc(NCC3(CO)CC3)ccc2c1. The summed E-state index contributed by atoms with van der Waals surface area (Å²) in [7, 11) is 1.68. The summed E-state index contributed by atoms with van der Waals surface area (Å²) in [6.07, 6.45) is 2.25. The van der Waals surface area contributed by atoms with Crippen LogP contribution in [0.1, 0.15) is 12.8 Å². The second-order valence-corrected chi connectivity index (χ2v) is 5.44. The van der Waals surface area contributed by atoms with E-state index in [0.717, 1.165) is 30.8 Å². The van der Waals surface area contributed by atoms with E-state index in [2.05, 4.69) is 29.6 Å². The van der Waals surface area contributed by atoms with Crippen LogP contribution in [0.3, 0.4) is 0 Å². The molecule has 2 aromatic rings. The van der Waals surface area contributed by atoms with Gasteiger partial charge in [0, 0.05) is 17.6 Å². The number of aliphatic hydroxyl groups excluding tert-OH is 1. The van der Waals surface area contributed by atoms with E-state index in [4.69, 9.17) is 4.74 Å². The first-order valence-corrected chi connectivity index (χ1v) is 6.67. The number of benzene rings is 2. The molecule has 19 heavy (non-hydrogen) atoms. The van der Waals surface area contributed by atoms with Gasteiger partial charge in [0.15, 0.2) is 0 Å². The van der Waals surface area contributed by atoms with Crippen LogP contribution in [-0.4, -0.2) is 25.4 Å². The van der Waals surface area contributed by atoms with E-state index in [9.17, 15) is 5.11 Å². The number of fused-ring (bicyclic) bond motifs is 1. The van der Waals surface area contributed by atoms with Crippen LogP contribution in [-0.2, 0) is 0 Å². The van der Waals surface area contributed by atoms with Crippen LogP contribution in [0.4, 0.5) is 5.69 Å². The average molecular weight is 257 g/mol. The fourth-order valence-electron chi connectivity index (χ4n) is 2.32. The Morgan fingerprint density at radius 2 is 1.89 bits per heavy atom. The van der Waals surface area contributed by atoms with Crippen LogP contribution in [0.5, 0.6) is 5.75 Å². The number of ether oxygens (including phenoxy) is 1. The minimum Gasteiger partial charge on any atom is -0.497 e. The van der Waals surface area contributed by atoms with Crippen molar-refractivity contribution in [3.8, 4) is 5.75 Å². The number of hydrogen-bond donors (Lipinski definition) is 2. The predicted octanol–water partition coefficient (Wildman–Crippen LogP) is 3.03. The molecule has 0 aliphatic heterocycles. The van der Waals surface area contributed by atoms with Crippen molar-refractivity contribution in [2.75, 3.05) is 25.6 Å². The Bertz CT molecular complexity index is 590. The Morgan fingerprint density at radius 3 is 2.58 bits per heavy atom. The highest BCUT2D eigenvalue weighted by atomic mass is 16.5. The Labute approximate surface area is 113 Å². The van der Waals surface area contributed by atoms with E-state index >= 15 is 0 Å². The summed E-state index contributed by atoms with van der Waals surface area (Å²) < 4.78 is 5.22. The topological polar surface area (TPSA) is 41.5 Å². The minimum absolute atomic E-state index is 0.134. The molecule has 0 radical (unpaired) electrons. The van der Waals surface area contributed by atoms with Gasteiger partial charge in [-0.2, -0.15) is 0 Å². The number of rotatable bonds is 5. The van der Waals surface area contributed by atoms with Crippen molar-refractivity contribution in [2.45, 2.75) is 12.8 Å². The van der Waals surface area contributed by atoms with Crippen molar-refractivity contribution >= 4 is 16.5 Å². The first-order chi connectivity index (χ1) is 9.24. The summed E-state index contributed by atoms with van der Waals surface area (Å²) in [4.78, 5) is 0. The first-order valence-electron chi connectivity index (χ1n) is 6.67. The molecule has 0 amide bonds. The molecule has 0 unspecified atom stereocenters. The highest BCUT2D eigenvalue weighted by Crippen LogP contribution is 2.45. The molecule has 0 saturated heterocycles. The van der Waals surface area contributed by atoms with Crippen LogP contribution in [0.15, 0.2) is 36.4 Å². The summed E-state index contributed by atoms with van der Waals surface area (Å²) in [6, 6.07) is 12.4. The lowest BCUT2D eigenvalue weighted by Gasteiger charge is -2.14. The van der Waals surface area contributed by atoms with E-state index in [1.54, 1.807) is 7.11 Å². The molecule has 0 spiro atoms. The van der Waals surface area contributed by atoms with Gasteiger partial charge in [0.25, 0.3) is 0 Å². The zero-order valence-electron chi connectivity index (χ0n) is 11.1. The number of hydrogen-bond acceptors (Lipinski definition) is 3. The highest BCUT2D eigenvalue weighted by Gasteiger charge is 2.41. The molecule has 1 aliphatic carbocycles. The van der Waals surface area contributed by atoms with Crippen molar-refractivity contribution in [3.63, 3.8) is 0 Å². The maximum atomic E-state index is 9.31. The molecule has 0 heterocycles. The second-order valence-electron chi connectivity index (χ2n) is 5.44. The van der Waals surface area contributed by atoms with Crippen molar-refractivity contribution in [3.05, 3.63) is 36.4 Å². The van der Waals surface area contributed by atoms with E-state index in [1.165, 1.54) is 10.8 Å². The van der Waals surface area contributed by atoms with Crippen molar-refractivity contribution in [1.82, 2.24) is 0 Å². The normalized spacial score (nSPS) is 16.3. The molecule has 1 aliphatic rings. The molecular formula is C16H19NO2. The summed E-state index contributed by atoms with van der Waals surface area (Å²) in [6.45, 7) is 1.13. The zero-order chi connectivity index (χ0) is 13.3. The Kier molecular flexibility index (Phi) is 3.07. The lowest BCUT2D eigenvalue weighted by atomic mass is 10.1. The van der Waals surface area contributed by atoms with Crippen LogP contribution >= 0.6 is 0 Å². The van der Waals surface area contributed by atoms with E-state index in [-0.39, 0.29) is 12.0 Å². The zero-order valence-corrected chi connectivity index (χ0v) is 11.1. The van der Waals surface area contributed by atoms with Crippen molar-refractivity contribution in [2.24, 2.45) is 5.41 Å². The van der Waals surface area contributed by atoms with Crippen LogP contribution in [0.25, 0.3) is 10.8 Å². The third-order valence-corrected chi connectivity index (χ3v) is 4.01. The van der Waals surface area contributed by atoms with Gasteiger partial charge in [-0.15, -0.1) is 0 Å². The third-order valence-electron chi connectivity index (χ3n) is 4.01. The Hall–Kier alpha value is -1.74. The third kappa shape index (κ3) is 2.51. The van der Waals surface area contributed by atoms with Gasteiger partial charge in [-0.3, -0.25) is 0 Å². The molecule has 2 aromatic carbocycles. The van der Waals surface area contributed by atoms with Gasteiger partial charge < -0.3 is 15.2 Å². The molecule has 3 heteroatoms. The molecule has 3 nitrogen and oxygen atoms in total. The van der Waals surface area contributed by atoms with Gasteiger partial charge in [-0.05, 0) is 47.9 Å². The quantitative estimate of drug-likeness (QED) is 0.865. The molecule has 1 saturated carbocycles. The van der Waals surface area contributed by atoms with Gasteiger partial charge in [0.05, 0.1) is 13.7 Å². The van der Waals surface area contributed by atoms with Gasteiger partial charge in [0.2, 0.25) is 0 Å². The van der Waals surface area contributed by atoms with Crippen LogP contribution in [0.2, 0.25) is 0 Å². The standard InChI is InChI=1S/C16H19NO2/c1-19-15-5-3-12-8-14(4-2-13(12)9-15)17-10-16(11-18)6-7-16/h2-5,8-9,17-18H,6-7,10-11H2,1H3. The Morgan fingerprint density at radius 1 is 1.16 bits per heavy atom. The second kappa shape index (κ2) is 4.74. The summed E-state index contributed by atoms with van der Waals surface area (Å²) in [5, 5.41) is 15.1. The molecular weight excluding hydrogens is 238 g/mol. The molecule has 0 aromatic heterocycles. The number of aliphatic hydroxyl groups is 1. The van der Waals surface area contributed by atoms with E-state index in [1.807, 2.05) is 12.1 Å². The monoisotopic (exact) mass is 257 g/mol. The fraction of sp³-hybridized carbons (Fsp3) is 0.375. The number of anilines is 1. The smallest absolute Gasteiger partial charge is 0.119 e. The van der Waals surface area contributed by atoms with Gasteiger partial charge in [0.1, 0.15) is 5.75 Å². The van der Waals surface area contributed by atoms with E-state index < -0.39 is 0 Å². The lowest BCUT2D eigenvalue weighted by molar-refractivity contribution is 0.220. The molecule has 3 rings (SSSR count). The van der Waals surface area contributed by atoms with Gasteiger partial charge in [-0.25, -0.2) is 0 Å². The molecule has 0 atom stereocenters. The summed E-state index contributed by atoms with van der Waals surface area (Å²) in [5.74, 6) is 0.880. The summed E-state index contributed by atoms with van der Waals surface area (Å²) in [5.41, 5.74) is 1.24. The first kappa shape index (κ1) is 12.3. The van der Waals surface area contributed by atoms with Crippen molar-refractivity contribution < 1.29 is 9.84 Å². The largest absolute Gasteiger partial charge is 0.497 e. The van der Waals surface area contributed by atoms with Gasteiger partial charge in [-0.1, -0.05) is 12.1 Å². The number of methoxy groups -OCH3 is 1.